The average molecular weight is 426 g/mol. The van der Waals surface area contributed by atoms with E-state index in [4.69, 9.17) is 9.47 Å². The second-order valence-electron chi connectivity index (χ2n) is 8.19. The normalized spacial score (nSPS) is 19.9. The Labute approximate surface area is 186 Å². The number of Topliss-reactive ketones (excluding diaryl/α,β-unsaturated/α-hetero) is 1. The molecule has 1 aliphatic carbocycles. The lowest BCUT2D eigenvalue weighted by Crippen LogP contribution is -2.27. The zero-order valence-corrected chi connectivity index (χ0v) is 17.5. The molecule has 0 bridgehead atoms. The molecular weight excluding hydrogens is 404 g/mol. The highest BCUT2D eigenvalue weighted by Gasteiger charge is 2.31. The molecule has 160 valence electrons. The first-order chi connectivity index (χ1) is 15.6. The largest absolute Gasteiger partial charge is 0.454 e. The van der Waals surface area contributed by atoms with E-state index in [0.717, 1.165) is 29.5 Å². The first-order valence-electron chi connectivity index (χ1n) is 10.8. The molecule has 2 atom stereocenters. The number of hydrogen-bond acceptors (Lipinski definition) is 5. The van der Waals surface area contributed by atoms with Crippen LogP contribution >= 0.6 is 0 Å². The number of ether oxygens (including phenoxy) is 2. The van der Waals surface area contributed by atoms with Crippen LogP contribution in [-0.2, 0) is 22.3 Å². The lowest BCUT2D eigenvalue weighted by molar-refractivity contribution is 0.0243. The van der Waals surface area contributed by atoms with Gasteiger partial charge >= 0.3 is 11.9 Å². The molecule has 0 fully saturated rings. The summed E-state index contributed by atoms with van der Waals surface area (Å²) in [5.74, 6) is -1.12. The van der Waals surface area contributed by atoms with Crippen molar-refractivity contribution in [2.75, 3.05) is 0 Å². The Morgan fingerprint density at radius 1 is 0.875 bits per heavy atom. The Hall–Kier alpha value is -3.73. The number of aryl methyl sites for hydroxylation is 1. The van der Waals surface area contributed by atoms with Gasteiger partial charge in [0, 0.05) is 12.0 Å². The van der Waals surface area contributed by atoms with Crippen LogP contribution in [0.15, 0.2) is 72.8 Å². The van der Waals surface area contributed by atoms with Crippen molar-refractivity contribution >= 4 is 17.7 Å². The third-order valence-corrected chi connectivity index (χ3v) is 6.12. The van der Waals surface area contributed by atoms with Crippen LogP contribution in [0.25, 0.3) is 0 Å². The van der Waals surface area contributed by atoms with Crippen molar-refractivity contribution in [3.05, 3.63) is 106 Å². The summed E-state index contributed by atoms with van der Waals surface area (Å²) in [4.78, 5) is 38.3. The zero-order chi connectivity index (χ0) is 22.1. The van der Waals surface area contributed by atoms with Gasteiger partial charge in [0.15, 0.2) is 6.10 Å². The summed E-state index contributed by atoms with van der Waals surface area (Å²) in [6.07, 6.45) is 1.33. The number of ketones is 1. The van der Waals surface area contributed by atoms with E-state index < -0.39 is 24.1 Å². The third kappa shape index (κ3) is 3.82. The lowest BCUT2D eigenvalue weighted by Gasteiger charge is -2.25. The maximum atomic E-state index is 12.9. The number of fused-ring (bicyclic) bond motifs is 2. The van der Waals surface area contributed by atoms with E-state index in [-0.39, 0.29) is 5.78 Å². The van der Waals surface area contributed by atoms with Gasteiger partial charge in [0.2, 0.25) is 5.78 Å². The van der Waals surface area contributed by atoms with E-state index in [1.165, 1.54) is 0 Å². The second kappa shape index (κ2) is 8.42. The molecule has 0 amide bonds. The number of cyclic esters (lactones) is 1. The lowest BCUT2D eigenvalue weighted by atomic mass is 9.93. The van der Waals surface area contributed by atoms with Gasteiger partial charge in [-0.1, -0.05) is 54.6 Å². The van der Waals surface area contributed by atoms with Gasteiger partial charge in [-0.2, -0.15) is 0 Å². The zero-order valence-electron chi connectivity index (χ0n) is 17.5. The number of benzene rings is 3. The molecule has 5 rings (SSSR count). The second-order valence-corrected chi connectivity index (χ2v) is 8.19. The van der Waals surface area contributed by atoms with Crippen LogP contribution < -0.4 is 0 Å². The van der Waals surface area contributed by atoms with Gasteiger partial charge in [-0.15, -0.1) is 0 Å². The Balaban J connectivity index is 1.37. The van der Waals surface area contributed by atoms with Crippen LogP contribution in [0.1, 0.15) is 66.7 Å². The van der Waals surface area contributed by atoms with E-state index in [1.54, 1.807) is 24.3 Å². The van der Waals surface area contributed by atoms with E-state index in [2.05, 4.69) is 0 Å². The molecular formula is C27H22O5. The van der Waals surface area contributed by atoms with E-state index in [0.29, 0.717) is 29.5 Å². The van der Waals surface area contributed by atoms with Gasteiger partial charge in [0.05, 0.1) is 11.1 Å². The van der Waals surface area contributed by atoms with Crippen LogP contribution in [0.3, 0.4) is 0 Å². The van der Waals surface area contributed by atoms with Crippen molar-refractivity contribution in [3.8, 4) is 0 Å². The minimum Gasteiger partial charge on any atom is -0.454 e. The fourth-order valence-electron chi connectivity index (χ4n) is 4.45. The first-order valence-corrected chi connectivity index (χ1v) is 10.8. The van der Waals surface area contributed by atoms with Gasteiger partial charge in [0.25, 0.3) is 0 Å². The smallest absolute Gasteiger partial charge is 0.339 e. The minimum atomic E-state index is -0.802. The monoisotopic (exact) mass is 426 g/mol. The predicted molar refractivity (Wildman–Crippen MR) is 118 cm³/mol. The molecule has 0 radical (unpaired) electrons. The summed E-state index contributed by atoms with van der Waals surface area (Å²) in [5.41, 5.74) is 4.05. The molecule has 2 unspecified atom stereocenters. The van der Waals surface area contributed by atoms with Gasteiger partial charge in [-0.3, -0.25) is 4.79 Å². The summed E-state index contributed by atoms with van der Waals surface area (Å²) < 4.78 is 11.2. The van der Waals surface area contributed by atoms with Crippen LogP contribution in [0.2, 0.25) is 0 Å². The quantitative estimate of drug-likeness (QED) is 0.441. The summed E-state index contributed by atoms with van der Waals surface area (Å²) >= 11 is 0. The molecule has 3 aromatic rings. The van der Waals surface area contributed by atoms with Crippen molar-refractivity contribution < 1.29 is 23.9 Å². The molecule has 0 N–H and O–H groups in total. The Bertz CT molecular complexity index is 1200. The van der Waals surface area contributed by atoms with Gasteiger partial charge in [-0.25, -0.2) is 9.59 Å². The fraction of sp³-hybridized carbons (Fsp3) is 0.222. The Morgan fingerprint density at radius 3 is 2.50 bits per heavy atom. The van der Waals surface area contributed by atoms with Gasteiger partial charge in [-0.05, 0) is 54.2 Å². The van der Waals surface area contributed by atoms with Crippen molar-refractivity contribution in [3.63, 3.8) is 0 Å². The molecule has 1 aliphatic heterocycles. The first kappa shape index (κ1) is 20.2. The van der Waals surface area contributed by atoms with Gasteiger partial charge < -0.3 is 9.47 Å². The number of carbonyl (C=O) groups excluding carboxylic acids is 3. The molecule has 0 aromatic heterocycles. The van der Waals surface area contributed by atoms with E-state index in [1.807, 2.05) is 48.5 Å². The number of carbonyl (C=O) groups is 3. The molecule has 0 saturated heterocycles. The molecule has 0 saturated carbocycles. The highest BCUT2D eigenvalue weighted by Crippen LogP contribution is 2.31. The summed E-state index contributed by atoms with van der Waals surface area (Å²) in [7, 11) is 0. The van der Waals surface area contributed by atoms with Crippen molar-refractivity contribution in [2.45, 2.75) is 37.9 Å². The average Bonchev–Trinajstić information content (AvgIpc) is 2.98. The van der Waals surface area contributed by atoms with Crippen LogP contribution in [0, 0.1) is 0 Å². The maximum Gasteiger partial charge on any atom is 0.339 e. The molecule has 3 aromatic carbocycles. The standard InChI is InChI=1S/C27H22O5/c28-25-21-11-5-4-7-17(21)10-6-12-23(25)31-26(29)19-13-14-22-20(15-19)16-24(32-27(22)30)18-8-2-1-3-9-18/h1-5,7-9,11,13-15,23-24H,6,10,12,16H2. The highest BCUT2D eigenvalue weighted by atomic mass is 16.5. The third-order valence-electron chi connectivity index (χ3n) is 6.12. The molecule has 0 spiro atoms. The maximum absolute atomic E-state index is 12.9. The Morgan fingerprint density at radius 2 is 1.66 bits per heavy atom. The molecule has 32 heavy (non-hydrogen) atoms. The van der Waals surface area contributed by atoms with Crippen LogP contribution in [0.4, 0.5) is 0 Å². The molecule has 1 heterocycles. The number of esters is 2. The van der Waals surface area contributed by atoms with Crippen LogP contribution in [-0.4, -0.2) is 23.8 Å². The summed E-state index contributed by atoms with van der Waals surface area (Å²) in [5, 5.41) is 0. The fourth-order valence-corrected chi connectivity index (χ4v) is 4.45. The SMILES string of the molecule is O=C(OC1CCCc2ccccc2C1=O)c1ccc2c(c1)CC(c1ccccc1)OC2=O. The summed E-state index contributed by atoms with van der Waals surface area (Å²) in [6, 6.07) is 21.8. The van der Waals surface area contributed by atoms with Crippen LogP contribution in [0.5, 0.6) is 0 Å². The van der Waals surface area contributed by atoms with Gasteiger partial charge in [0.1, 0.15) is 6.10 Å². The molecule has 2 aliphatic rings. The van der Waals surface area contributed by atoms with Crippen molar-refractivity contribution in [1.29, 1.82) is 0 Å². The molecule has 5 heteroatoms. The molecule has 5 nitrogen and oxygen atoms in total. The van der Waals surface area contributed by atoms with Crippen molar-refractivity contribution in [2.24, 2.45) is 0 Å². The minimum absolute atomic E-state index is 0.155. The number of rotatable bonds is 3. The number of hydrogen-bond donors (Lipinski definition) is 0. The highest BCUT2D eigenvalue weighted by molar-refractivity contribution is 6.03. The predicted octanol–water partition coefficient (Wildman–Crippen LogP) is 4.89. The van der Waals surface area contributed by atoms with E-state index >= 15 is 0 Å². The Kier molecular flexibility index (Phi) is 5.31. The summed E-state index contributed by atoms with van der Waals surface area (Å²) in [6.45, 7) is 0. The topological polar surface area (TPSA) is 69.7 Å². The van der Waals surface area contributed by atoms with Crippen molar-refractivity contribution in [1.82, 2.24) is 0 Å². The van der Waals surface area contributed by atoms with E-state index in [9.17, 15) is 14.4 Å².